The van der Waals surface area contributed by atoms with Gasteiger partial charge in [-0.3, -0.25) is 9.78 Å². The van der Waals surface area contributed by atoms with E-state index in [9.17, 15) is 9.18 Å². The van der Waals surface area contributed by atoms with E-state index in [0.717, 1.165) is 30.3 Å². The number of aromatic nitrogens is 1. The minimum atomic E-state index is -0.276. The molecule has 4 rings (SSSR count). The Hall–Kier alpha value is -2.95. The largest absolute Gasteiger partial charge is 0.493 e. The first kappa shape index (κ1) is 17.5. The number of hydrogen-bond acceptors (Lipinski definition) is 3. The molecule has 0 radical (unpaired) electrons. The SMILES string of the molecule is O=C(c1ccc2cccnc2c1)N1CCC[C@@H](COc2ccc(F)cc2)C1. The third-order valence-electron chi connectivity index (χ3n) is 4.96. The fraction of sp³-hybridized carbons (Fsp3) is 0.273. The summed E-state index contributed by atoms with van der Waals surface area (Å²) in [5, 5.41) is 1.03. The van der Waals surface area contributed by atoms with E-state index in [-0.39, 0.29) is 17.6 Å². The third-order valence-corrected chi connectivity index (χ3v) is 4.96. The summed E-state index contributed by atoms with van der Waals surface area (Å²) >= 11 is 0. The molecule has 1 fully saturated rings. The minimum Gasteiger partial charge on any atom is -0.493 e. The van der Waals surface area contributed by atoms with Crippen LogP contribution in [0.15, 0.2) is 60.8 Å². The molecule has 0 spiro atoms. The molecule has 1 saturated heterocycles. The number of halogens is 1. The Morgan fingerprint density at radius 2 is 2.04 bits per heavy atom. The summed E-state index contributed by atoms with van der Waals surface area (Å²) < 4.78 is 18.8. The van der Waals surface area contributed by atoms with Gasteiger partial charge in [0.15, 0.2) is 0 Å². The fourth-order valence-electron chi connectivity index (χ4n) is 3.51. The van der Waals surface area contributed by atoms with Gasteiger partial charge in [0, 0.05) is 36.2 Å². The number of carbonyl (C=O) groups excluding carboxylic acids is 1. The Bertz CT molecular complexity index is 942. The average molecular weight is 364 g/mol. The van der Waals surface area contributed by atoms with Crippen LogP contribution >= 0.6 is 0 Å². The molecule has 1 aliphatic heterocycles. The molecule has 2 heterocycles. The quantitative estimate of drug-likeness (QED) is 0.693. The lowest BCUT2D eigenvalue weighted by Crippen LogP contribution is -2.41. The summed E-state index contributed by atoms with van der Waals surface area (Å²) in [4.78, 5) is 19.1. The first-order valence-electron chi connectivity index (χ1n) is 9.21. The molecule has 0 N–H and O–H groups in total. The van der Waals surface area contributed by atoms with Gasteiger partial charge in [-0.2, -0.15) is 0 Å². The number of hydrogen-bond donors (Lipinski definition) is 0. The Morgan fingerprint density at radius 3 is 2.89 bits per heavy atom. The first-order chi connectivity index (χ1) is 13.2. The van der Waals surface area contributed by atoms with Gasteiger partial charge >= 0.3 is 0 Å². The Balaban J connectivity index is 1.40. The Kier molecular flexibility index (Phi) is 5.01. The predicted octanol–water partition coefficient (Wildman–Crippen LogP) is 4.31. The van der Waals surface area contributed by atoms with E-state index >= 15 is 0 Å². The molecule has 1 aromatic heterocycles. The van der Waals surface area contributed by atoms with Crippen molar-refractivity contribution in [2.75, 3.05) is 19.7 Å². The summed E-state index contributed by atoms with van der Waals surface area (Å²) in [6.45, 7) is 1.95. The predicted molar refractivity (Wildman–Crippen MR) is 102 cm³/mol. The van der Waals surface area contributed by atoms with Gasteiger partial charge in [0.2, 0.25) is 0 Å². The molecule has 4 nitrogen and oxygen atoms in total. The molecule has 0 saturated carbocycles. The number of nitrogens with zero attached hydrogens (tertiary/aromatic N) is 2. The summed E-state index contributed by atoms with van der Waals surface area (Å²) in [5.41, 5.74) is 1.50. The van der Waals surface area contributed by atoms with Crippen LogP contribution in [0.1, 0.15) is 23.2 Å². The highest BCUT2D eigenvalue weighted by Gasteiger charge is 2.25. The van der Waals surface area contributed by atoms with Crippen LogP contribution in [0.3, 0.4) is 0 Å². The van der Waals surface area contributed by atoms with Gasteiger partial charge in [-0.1, -0.05) is 12.1 Å². The highest BCUT2D eigenvalue weighted by Crippen LogP contribution is 2.22. The molecule has 1 amide bonds. The van der Waals surface area contributed by atoms with Crippen molar-refractivity contribution >= 4 is 16.8 Å². The van der Waals surface area contributed by atoms with Gasteiger partial charge < -0.3 is 9.64 Å². The maximum absolute atomic E-state index is 13.0. The van der Waals surface area contributed by atoms with Crippen LogP contribution < -0.4 is 4.74 Å². The van der Waals surface area contributed by atoms with Gasteiger partial charge in [0.1, 0.15) is 11.6 Å². The van der Waals surface area contributed by atoms with Crippen molar-refractivity contribution in [2.45, 2.75) is 12.8 Å². The number of benzene rings is 2. The van der Waals surface area contributed by atoms with Gasteiger partial charge in [0.05, 0.1) is 12.1 Å². The number of ether oxygens (including phenoxy) is 1. The van der Waals surface area contributed by atoms with E-state index in [2.05, 4.69) is 4.98 Å². The van der Waals surface area contributed by atoms with Crippen molar-refractivity contribution in [2.24, 2.45) is 5.92 Å². The van der Waals surface area contributed by atoms with E-state index in [4.69, 9.17) is 4.74 Å². The fourth-order valence-corrected chi connectivity index (χ4v) is 3.51. The summed E-state index contributed by atoms with van der Waals surface area (Å²) in [6.07, 6.45) is 3.71. The number of amides is 1. The zero-order valence-corrected chi connectivity index (χ0v) is 15.0. The zero-order valence-electron chi connectivity index (χ0n) is 15.0. The lowest BCUT2D eigenvalue weighted by molar-refractivity contribution is 0.0633. The topological polar surface area (TPSA) is 42.4 Å². The molecule has 138 valence electrons. The Labute approximate surface area is 157 Å². The number of carbonyl (C=O) groups is 1. The lowest BCUT2D eigenvalue weighted by Gasteiger charge is -2.32. The van der Waals surface area contributed by atoms with Gasteiger partial charge in [-0.15, -0.1) is 0 Å². The van der Waals surface area contributed by atoms with Crippen molar-refractivity contribution in [3.63, 3.8) is 0 Å². The number of fused-ring (bicyclic) bond motifs is 1. The molecule has 0 bridgehead atoms. The second-order valence-corrected chi connectivity index (χ2v) is 6.94. The maximum Gasteiger partial charge on any atom is 0.253 e. The smallest absolute Gasteiger partial charge is 0.253 e. The number of likely N-dealkylation sites (tertiary alicyclic amines) is 1. The molecular formula is C22H21FN2O2. The van der Waals surface area contributed by atoms with Crippen LogP contribution in [0, 0.1) is 11.7 Å². The van der Waals surface area contributed by atoms with Crippen LogP contribution in [0.4, 0.5) is 4.39 Å². The zero-order chi connectivity index (χ0) is 18.6. The van der Waals surface area contributed by atoms with Crippen molar-refractivity contribution in [3.05, 3.63) is 72.2 Å². The Morgan fingerprint density at radius 1 is 1.19 bits per heavy atom. The number of piperidine rings is 1. The number of pyridine rings is 1. The van der Waals surface area contributed by atoms with Gasteiger partial charge in [-0.25, -0.2) is 4.39 Å². The monoisotopic (exact) mass is 364 g/mol. The second-order valence-electron chi connectivity index (χ2n) is 6.94. The molecule has 2 aromatic carbocycles. The molecule has 5 heteroatoms. The van der Waals surface area contributed by atoms with E-state index in [1.165, 1.54) is 12.1 Å². The molecule has 1 aliphatic rings. The number of rotatable bonds is 4. The van der Waals surface area contributed by atoms with Crippen LogP contribution in [-0.2, 0) is 0 Å². The second kappa shape index (κ2) is 7.74. The van der Waals surface area contributed by atoms with Gasteiger partial charge in [0.25, 0.3) is 5.91 Å². The van der Waals surface area contributed by atoms with Crippen LogP contribution in [-0.4, -0.2) is 35.5 Å². The summed E-state index contributed by atoms with van der Waals surface area (Å²) in [5.74, 6) is 0.683. The van der Waals surface area contributed by atoms with E-state index in [0.29, 0.717) is 24.5 Å². The highest BCUT2D eigenvalue weighted by atomic mass is 19.1. The van der Waals surface area contributed by atoms with Gasteiger partial charge in [-0.05, 0) is 55.3 Å². The third kappa shape index (κ3) is 4.08. The molecular weight excluding hydrogens is 343 g/mol. The van der Waals surface area contributed by atoms with E-state index in [1.54, 1.807) is 18.3 Å². The van der Waals surface area contributed by atoms with Crippen LogP contribution in [0.25, 0.3) is 10.9 Å². The average Bonchev–Trinajstić information content (AvgIpc) is 2.72. The standard InChI is InChI=1S/C22H21FN2O2/c23-19-7-9-20(10-8-19)27-15-16-3-2-12-25(14-16)22(26)18-6-5-17-4-1-11-24-21(17)13-18/h1,4-11,13,16H,2-3,12,14-15H2/t16-/m1/s1. The van der Waals surface area contributed by atoms with E-state index in [1.807, 2.05) is 35.2 Å². The minimum absolute atomic E-state index is 0.0361. The van der Waals surface area contributed by atoms with Crippen molar-refractivity contribution in [3.8, 4) is 5.75 Å². The highest BCUT2D eigenvalue weighted by molar-refractivity contribution is 5.97. The van der Waals surface area contributed by atoms with Crippen LogP contribution in [0.5, 0.6) is 5.75 Å². The molecule has 27 heavy (non-hydrogen) atoms. The van der Waals surface area contributed by atoms with Crippen molar-refractivity contribution in [1.29, 1.82) is 0 Å². The van der Waals surface area contributed by atoms with Crippen molar-refractivity contribution in [1.82, 2.24) is 9.88 Å². The van der Waals surface area contributed by atoms with Crippen molar-refractivity contribution < 1.29 is 13.9 Å². The molecule has 0 aliphatic carbocycles. The van der Waals surface area contributed by atoms with E-state index < -0.39 is 0 Å². The molecule has 0 unspecified atom stereocenters. The molecule has 1 atom stereocenters. The molecule has 3 aromatic rings. The summed E-state index contributed by atoms with van der Waals surface area (Å²) in [6, 6.07) is 15.6. The van der Waals surface area contributed by atoms with Crippen LogP contribution in [0.2, 0.25) is 0 Å². The summed E-state index contributed by atoms with van der Waals surface area (Å²) in [7, 11) is 0. The normalized spacial score (nSPS) is 17.1. The lowest BCUT2D eigenvalue weighted by atomic mass is 9.98. The first-order valence-corrected chi connectivity index (χ1v) is 9.21. The maximum atomic E-state index is 13.0.